The van der Waals surface area contributed by atoms with Crippen LogP contribution in [0.1, 0.15) is 10.4 Å². The molecule has 108 valence electrons. The number of hydrogen-bond acceptors (Lipinski definition) is 6. The molecule has 0 unspecified atom stereocenters. The minimum absolute atomic E-state index is 0.167. The number of fused-ring (bicyclic) bond motifs is 1. The number of methoxy groups -OCH3 is 1. The molecule has 2 heterocycles. The molecule has 0 fully saturated rings. The Hall–Kier alpha value is -1.39. The van der Waals surface area contributed by atoms with Gasteiger partial charge in [-0.3, -0.25) is 10.1 Å². The van der Waals surface area contributed by atoms with Crippen LogP contribution >= 0.6 is 45.3 Å². The second-order valence-electron chi connectivity index (χ2n) is 4.18. The molecule has 0 aliphatic rings. The van der Waals surface area contributed by atoms with Gasteiger partial charge in [-0.15, -0.1) is 11.3 Å². The Balaban J connectivity index is 1.93. The van der Waals surface area contributed by atoms with Gasteiger partial charge in [0, 0.05) is 17.1 Å². The third kappa shape index (κ3) is 2.97. The van der Waals surface area contributed by atoms with Crippen LogP contribution in [0.3, 0.4) is 0 Å². The monoisotopic (exact) mass is 431 g/mol. The summed E-state index contributed by atoms with van der Waals surface area (Å²) in [7, 11) is 1.57. The minimum Gasteiger partial charge on any atom is -0.494 e. The van der Waals surface area contributed by atoms with Gasteiger partial charge in [0.15, 0.2) is 5.13 Å². The van der Waals surface area contributed by atoms with Crippen LogP contribution in [0.5, 0.6) is 5.75 Å². The number of nitrogen functional groups attached to an aromatic ring is 1. The van der Waals surface area contributed by atoms with Gasteiger partial charge >= 0.3 is 0 Å². The summed E-state index contributed by atoms with van der Waals surface area (Å²) in [6.07, 6.45) is 0. The van der Waals surface area contributed by atoms with Crippen molar-refractivity contribution in [3.63, 3.8) is 0 Å². The number of rotatable bonds is 3. The lowest BCUT2D eigenvalue weighted by atomic mass is 10.3. The molecule has 0 bridgehead atoms. The van der Waals surface area contributed by atoms with Crippen molar-refractivity contribution in [3.8, 4) is 5.75 Å². The lowest BCUT2D eigenvalue weighted by molar-refractivity contribution is 0.102. The van der Waals surface area contributed by atoms with E-state index in [4.69, 9.17) is 10.5 Å². The van der Waals surface area contributed by atoms with E-state index in [0.717, 1.165) is 7.58 Å². The van der Waals surface area contributed by atoms with Crippen molar-refractivity contribution in [2.24, 2.45) is 0 Å². The number of nitrogens with zero attached hydrogens (tertiary/aromatic N) is 1. The number of nitrogens with two attached hydrogens (primary N) is 1. The molecule has 8 heteroatoms. The number of hydrogen-bond donors (Lipinski definition) is 2. The molecule has 3 rings (SSSR count). The van der Waals surface area contributed by atoms with Crippen molar-refractivity contribution in [2.75, 3.05) is 18.2 Å². The van der Waals surface area contributed by atoms with E-state index in [1.54, 1.807) is 13.2 Å². The molecule has 0 aliphatic carbocycles. The summed E-state index contributed by atoms with van der Waals surface area (Å²) in [5.41, 5.74) is 7.76. The van der Waals surface area contributed by atoms with Crippen LogP contribution in [-0.4, -0.2) is 18.0 Å². The summed E-state index contributed by atoms with van der Waals surface area (Å²) in [4.78, 5) is 16.5. The molecule has 0 aliphatic heterocycles. The number of amides is 1. The molecule has 21 heavy (non-hydrogen) atoms. The Morgan fingerprint density at radius 3 is 2.90 bits per heavy atom. The third-order valence-corrected chi connectivity index (χ3v) is 5.46. The van der Waals surface area contributed by atoms with Crippen molar-refractivity contribution in [1.82, 2.24) is 4.98 Å². The Bertz CT molecular complexity index is 828. The maximum absolute atomic E-state index is 12.1. The number of thiophene rings is 1. The van der Waals surface area contributed by atoms with Crippen molar-refractivity contribution in [2.45, 2.75) is 0 Å². The van der Waals surface area contributed by atoms with Crippen LogP contribution in [0, 0.1) is 2.88 Å². The predicted molar refractivity (Wildman–Crippen MR) is 95.6 cm³/mol. The van der Waals surface area contributed by atoms with Crippen LogP contribution in [0.2, 0.25) is 0 Å². The maximum Gasteiger partial charge on any atom is 0.258 e. The highest BCUT2D eigenvalue weighted by molar-refractivity contribution is 14.1. The van der Waals surface area contributed by atoms with Gasteiger partial charge in [0.2, 0.25) is 0 Å². The number of anilines is 2. The second-order valence-corrected chi connectivity index (χ2v) is 8.02. The highest BCUT2D eigenvalue weighted by Gasteiger charge is 2.14. The Kier molecular flexibility index (Phi) is 4.00. The molecule has 0 saturated carbocycles. The number of aromatic nitrogens is 1. The Morgan fingerprint density at radius 2 is 2.24 bits per heavy atom. The molecule has 0 saturated heterocycles. The zero-order valence-electron chi connectivity index (χ0n) is 10.8. The van der Waals surface area contributed by atoms with E-state index in [0.29, 0.717) is 27.6 Å². The van der Waals surface area contributed by atoms with Gasteiger partial charge in [0.05, 0.1) is 20.3 Å². The number of benzene rings is 1. The minimum atomic E-state index is -0.167. The smallest absolute Gasteiger partial charge is 0.258 e. The SMILES string of the molecule is COc1cc(N)cc2sc(NC(=O)c3csc(I)c3)nc12. The standard InChI is InChI=1S/C13H10IN3O2S2/c1-19-8-3-7(15)4-9-11(8)16-13(21-9)17-12(18)6-2-10(14)20-5-6/h2-5H,15H2,1H3,(H,16,17,18). The van der Waals surface area contributed by atoms with Crippen LogP contribution in [0.15, 0.2) is 23.6 Å². The summed E-state index contributed by atoms with van der Waals surface area (Å²) in [5, 5.41) is 5.16. The first-order chi connectivity index (χ1) is 10.1. The largest absolute Gasteiger partial charge is 0.494 e. The van der Waals surface area contributed by atoms with E-state index in [1.165, 1.54) is 22.7 Å². The van der Waals surface area contributed by atoms with Crippen LogP contribution in [0.25, 0.3) is 10.2 Å². The summed E-state index contributed by atoms with van der Waals surface area (Å²) < 4.78 is 7.21. The topological polar surface area (TPSA) is 77.2 Å². The Morgan fingerprint density at radius 1 is 1.43 bits per heavy atom. The number of carbonyl (C=O) groups excluding carboxylic acids is 1. The molecule has 3 N–H and O–H groups in total. The maximum atomic E-state index is 12.1. The molecule has 0 radical (unpaired) electrons. The first-order valence-electron chi connectivity index (χ1n) is 5.86. The predicted octanol–water partition coefficient (Wildman–Crippen LogP) is 3.81. The van der Waals surface area contributed by atoms with E-state index in [1.807, 2.05) is 17.5 Å². The van der Waals surface area contributed by atoms with Gasteiger partial charge < -0.3 is 10.5 Å². The number of halogens is 1. The number of ether oxygens (including phenoxy) is 1. The quantitative estimate of drug-likeness (QED) is 0.489. The van der Waals surface area contributed by atoms with Crippen molar-refractivity contribution < 1.29 is 9.53 Å². The Labute approximate surface area is 142 Å². The number of nitrogens with one attached hydrogen (secondary N) is 1. The molecule has 2 aromatic heterocycles. The van der Waals surface area contributed by atoms with Gasteiger partial charge in [-0.1, -0.05) is 11.3 Å². The van der Waals surface area contributed by atoms with Gasteiger partial charge in [-0.2, -0.15) is 0 Å². The highest BCUT2D eigenvalue weighted by atomic mass is 127. The van der Waals surface area contributed by atoms with Crippen molar-refractivity contribution >= 4 is 72.2 Å². The average Bonchev–Trinajstić information content (AvgIpc) is 3.03. The lowest BCUT2D eigenvalue weighted by Gasteiger charge is -2.01. The summed E-state index contributed by atoms with van der Waals surface area (Å²) in [6.45, 7) is 0. The number of carbonyl (C=O) groups is 1. The van der Waals surface area contributed by atoms with Gasteiger partial charge in [0.1, 0.15) is 11.3 Å². The molecular weight excluding hydrogens is 421 g/mol. The van der Waals surface area contributed by atoms with Crippen LogP contribution < -0.4 is 15.8 Å². The summed E-state index contributed by atoms with van der Waals surface area (Å²) in [5.74, 6) is 0.437. The zero-order valence-corrected chi connectivity index (χ0v) is 14.6. The van der Waals surface area contributed by atoms with Gasteiger partial charge in [-0.05, 0) is 34.7 Å². The first-order valence-corrected chi connectivity index (χ1v) is 8.64. The average molecular weight is 431 g/mol. The molecule has 3 aromatic rings. The van der Waals surface area contributed by atoms with E-state index in [-0.39, 0.29) is 5.91 Å². The molecule has 1 amide bonds. The molecule has 1 aromatic carbocycles. The lowest BCUT2D eigenvalue weighted by Crippen LogP contribution is -2.10. The molecule has 5 nitrogen and oxygen atoms in total. The van der Waals surface area contributed by atoms with Crippen molar-refractivity contribution in [1.29, 1.82) is 0 Å². The first kappa shape index (κ1) is 14.5. The van der Waals surface area contributed by atoms with Crippen molar-refractivity contribution in [3.05, 3.63) is 32.0 Å². The fraction of sp³-hybridized carbons (Fsp3) is 0.0769. The second kappa shape index (κ2) is 5.78. The fourth-order valence-electron chi connectivity index (χ4n) is 1.83. The van der Waals surface area contributed by atoms with E-state index in [2.05, 4.69) is 32.9 Å². The molecular formula is C13H10IN3O2S2. The van der Waals surface area contributed by atoms with E-state index >= 15 is 0 Å². The summed E-state index contributed by atoms with van der Waals surface area (Å²) >= 11 is 5.08. The molecule has 0 atom stereocenters. The van der Waals surface area contributed by atoms with Crippen LogP contribution in [-0.2, 0) is 0 Å². The highest BCUT2D eigenvalue weighted by Crippen LogP contribution is 2.34. The van der Waals surface area contributed by atoms with Gasteiger partial charge in [0.25, 0.3) is 5.91 Å². The third-order valence-electron chi connectivity index (χ3n) is 2.75. The zero-order chi connectivity index (χ0) is 15.0. The normalized spacial score (nSPS) is 10.8. The van der Waals surface area contributed by atoms with E-state index in [9.17, 15) is 4.79 Å². The molecule has 0 spiro atoms. The summed E-state index contributed by atoms with van der Waals surface area (Å²) in [6, 6.07) is 5.38. The fourth-order valence-corrected chi connectivity index (χ4v) is 4.08. The number of thiazole rings is 1. The van der Waals surface area contributed by atoms with Gasteiger partial charge in [-0.25, -0.2) is 4.98 Å². The van der Waals surface area contributed by atoms with E-state index < -0.39 is 0 Å². The van der Waals surface area contributed by atoms with Crippen LogP contribution in [0.4, 0.5) is 10.8 Å².